The fourth-order valence-corrected chi connectivity index (χ4v) is 5.04. The van der Waals surface area contributed by atoms with E-state index in [4.69, 9.17) is 18.5 Å². The van der Waals surface area contributed by atoms with Crippen LogP contribution >= 0.6 is 7.82 Å². The third kappa shape index (κ3) is 28.0. The van der Waals surface area contributed by atoms with Crippen LogP contribution in [0.3, 0.4) is 0 Å². The molecular weight excluding hydrogens is 587 g/mol. The fraction of sp³-hybridized carbons (Fsp3) is 0.818. The van der Waals surface area contributed by atoms with E-state index in [0.717, 1.165) is 77.0 Å². The average molecular weight is 649 g/mol. The van der Waals surface area contributed by atoms with Crippen molar-refractivity contribution in [3.8, 4) is 0 Å². The molecule has 3 atom stereocenters. The molecule has 3 N–H and O–H groups in total. The molecule has 0 saturated carbocycles. The number of esters is 2. The Kier molecular flexibility index (Phi) is 29.1. The van der Waals surface area contributed by atoms with Crippen molar-refractivity contribution in [3.63, 3.8) is 0 Å². The van der Waals surface area contributed by atoms with Crippen LogP contribution in [0.4, 0.5) is 0 Å². The first-order valence-electron chi connectivity index (χ1n) is 16.8. The summed E-state index contributed by atoms with van der Waals surface area (Å²) in [6, 6.07) is 0. The molecule has 0 heterocycles. The molecule has 0 aliphatic heterocycles. The van der Waals surface area contributed by atoms with E-state index in [1.54, 1.807) is 0 Å². The van der Waals surface area contributed by atoms with Gasteiger partial charge in [0.2, 0.25) is 0 Å². The van der Waals surface area contributed by atoms with Gasteiger partial charge in [-0.15, -0.1) is 0 Å². The number of rotatable bonds is 31. The van der Waals surface area contributed by atoms with E-state index in [0.29, 0.717) is 12.8 Å². The van der Waals surface area contributed by atoms with E-state index in [1.807, 2.05) is 0 Å². The highest BCUT2D eigenvalue weighted by Gasteiger charge is 2.27. The Hall–Kier alpha value is -1.55. The number of carbonyl (C=O) groups is 2. The Labute approximate surface area is 266 Å². The van der Waals surface area contributed by atoms with Crippen LogP contribution in [0.2, 0.25) is 0 Å². The molecule has 0 fully saturated rings. The molecular formula is C33H61O10P. The maximum atomic E-state index is 12.2. The zero-order valence-electron chi connectivity index (χ0n) is 27.4. The van der Waals surface area contributed by atoms with E-state index in [9.17, 15) is 29.3 Å². The van der Waals surface area contributed by atoms with Gasteiger partial charge in [0.05, 0.1) is 26.4 Å². The van der Waals surface area contributed by atoms with Crippen LogP contribution < -0.4 is 0 Å². The molecule has 10 nitrogen and oxygen atoms in total. The molecule has 3 unspecified atom stereocenters. The lowest BCUT2D eigenvalue weighted by Crippen LogP contribution is -2.28. The Morgan fingerprint density at radius 3 is 1.45 bits per heavy atom. The normalized spacial score (nSPS) is 14.6. The zero-order chi connectivity index (χ0) is 32.7. The van der Waals surface area contributed by atoms with Crippen LogP contribution in [0, 0.1) is 0 Å². The standard InChI is InChI=1S/C33H61O10P/c1-3-5-7-9-11-12-13-14-15-16-17-18-19-21-23-25-33(37)43-31(27-35)29-41-44(38,39)40-28-30(26-34)42-32(36)24-22-20-10-8-6-4-2/h11-12,14-15,30-31,34-35H,3-10,13,16-29H2,1-2H3,(H,38,39)/b12-11-,15-14-. The number of phosphoric acid groups is 1. The number of aliphatic hydroxyl groups excluding tert-OH is 2. The van der Waals surface area contributed by atoms with Gasteiger partial charge in [0, 0.05) is 12.8 Å². The topological polar surface area (TPSA) is 149 Å². The molecule has 258 valence electrons. The molecule has 11 heteroatoms. The minimum atomic E-state index is -4.62. The second kappa shape index (κ2) is 30.1. The number of carbonyl (C=O) groups excluding carboxylic acids is 2. The van der Waals surface area contributed by atoms with Gasteiger partial charge in [-0.25, -0.2) is 4.57 Å². The van der Waals surface area contributed by atoms with Crippen molar-refractivity contribution in [1.29, 1.82) is 0 Å². The van der Waals surface area contributed by atoms with Crippen LogP contribution in [0.25, 0.3) is 0 Å². The number of hydrogen-bond donors (Lipinski definition) is 3. The first-order valence-corrected chi connectivity index (χ1v) is 18.3. The van der Waals surface area contributed by atoms with E-state index in [1.165, 1.54) is 19.3 Å². The average Bonchev–Trinajstić information content (AvgIpc) is 3.01. The lowest BCUT2D eigenvalue weighted by atomic mass is 10.1. The predicted molar refractivity (Wildman–Crippen MR) is 173 cm³/mol. The third-order valence-corrected chi connectivity index (χ3v) is 7.87. The number of ether oxygens (including phenoxy) is 2. The minimum Gasteiger partial charge on any atom is -0.457 e. The Morgan fingerprint density at radius 2 is 1.00 bits per heavy atom. The van der Waals surface area contributed by atoms with Crippen molar-refractivity contribution < 1.29 is 47.8 Å². The van der Waals surface area contributed by atoms with Gasteiger partial charge in [-0.05, 0) is 44.9 Å². The summed E-state index contributed by atoms with van der Waals surface area (Å²) in [5.74, 6) is -1.04. The molecule has 44 heavy (non-hydrogen) atoms. The highest BCUT2D eigenvalue weighted by atomic mass is 31.2. The van der Waals surface area contributed by atoms with Crippen molar-refractivity contribution in [2.45, 2.75) is 148 Å². The summed E-state index contributed by atoms with van der Waals surface area (Å²) in [6.45, 7) is 2.05. The van der Waals surface area contributed by atoms with E-state index in [2.05, 4.69) is 38.2 Å². The summed E-state index contributed by atoms with van der Waals surface area (Å²) in [5, 5.41) is 18.9. The molecule has 0 aliphatic rings. The Balaban J connectivity index is 4.03. The van der Waals surface area contributed by atoms with Crippen molar-refractivity contribution in [3.05, 3.63) is 24.3 Å². The van der Waals surface area contributed by atoms with Gasteiger partial charge in [-0.2, -0.15) is 0 Å². The van der Waals surface area contributed by atoms with E-state index >= 15 is 0 Å². The monoisotopic (exact) mass is 648 g/mol. The molecule has 0 saturated heterocycles. The quantitative estimate of drug-likeness (QED) is 0.0299. The van der Waals surface area contributed by atoms with Gasteiger partial charge in [-0.1, -0.05) is 102 Å². The summed E-state index contributed by atoms with van der Waals surface area (Å²) >= 11 is 0. The lowest BCUT2D eigenvalue weighted by Gasteiger charge is -2.20. The maximum Gasteiger partial charge on any atom is 0.472 e. The molecule has 0 aliphatic carbocycles. The molecule has 0 radical (unpaired) electrons. The molecule has 0 aromatic rings. The molecule has 0 aromatic carbocycles. The molecule has 0 rings (SSSR count). The number of aliphatic hydroxyl groups is 2. The maximum absolute atomic E-state index is 12.2. The van der Waals surface area contributed by atoms with Crippen LogP contribution in [-0.4, -0.2) is 65.7 Å². The fourth-order valence-electron chi connectivity index (χ4n) is 4.26. The highest BCUT2D eigenvalue weighted by Crippen LogP contribution is 2.43. The first-order chi connectivity index (χ1) is 21.3. The second-order valence-electron chi connectivity index (χ2n) is 11.1. The van der Waals surface area contributed by atoms with Gasteiger partial charge < -0.3 is 24.6 Å². The van der Waals surface area contributed by atoms with E-state index < -0.39 is 58.4 Å². The van der Waals surface area contributed by atoms with Crippen LogP contribution in [0.1, 0.15) is 136 Å². The van der Waals surface area contributed by atoms with E-state index in [-0.39, 0.29) is 12.8 Å². The molecule has 0 spiro atoms. The lowest BCUT2D eigenvalue weighted by molar-refractivity contribution is -0.153. The summed E-state index contributed by atoms with van der Waals surface area (Å²) in [5.41, 5.74) is 0. The zero-order valence-corrected chi connectivity index (χ0v) is 28.3. The van der Waals surface area contributed by atoms with Crippen LogP contribution in [0.5, 0.6) is 0 Å². The molecule has 0 aromatic heterocycles. The predicted octanol–water partition coefficient (Wildman–Crippen LogP) is 7.49. The van der Waals surface area contributed by atoms with Gasteiger partial charge in [0.15, 0.2) is 0 Å². The second-order valence-corrected chi connectivity index (χ2v) is 12.6. The van der Waals surface area contributed by atoms with Crippen LogP contribution in [0.15, 0.2) is 24.3 Å². The summed E-state index contributed by atoms with van der Waals surface area (Å²) < 4.78 is 32.2. The van der Waals surface area contributed by atoms with Crippen molar-refractivity contribution in [2.75, 3.05) is 26.4 Å². The third-order valence-electron chi connectivity index (χ3n) is 6.92. The SMILES string of the molecule is CCCCC/C=C\C/C=C\CCCCCCCC(=O)OC(CO)COP(=O)(O)OCC(CO)OC(=O)CCCCCCCC. The van der Waals surface area contributed by atoms with Gasteiger partial charge in [0.25, 0.3) is 0 Å². The van der Waals surface area contributed by atoms with Crippen LogP contribution in [-0.2, 0) is 32.7 Å². The van der Waals surface area contributed by atoms with Crippen molar-refractivity contribution >= 4 is 19.8 Å². The number of allylic oxidation sites excluding steroid dienone is 4. The number of unbranched alkanes of at least 4 members (excludes halogenated alkanes) is 13. The Bertz CT molecular complexity index is 801. The molecule has 0 bridgehead atoms. The van der Waals surface area contributed by atoms with Crippen molar-refractivity contribution in [1.82, 2.24) is 0 Å². The highest BCUT2D eigenvalue weighted by molar-refractivity contribution is 7.47. The number of phosphoric ester groups is 1. The van der Waals surface area contributed by atoms with Gasteiger partial charge in [0.1, 0.15) is 12.2 Å². The van der Waals surface area contributed by atoms with Gasteiger partial charge in [-0.3, -0.25) is 18.6 Å². The first kappa shape index (κ1) is 42.5. The smallest absolute Gasteiger partial charge is 0.457 e. The Morgan fingerprint density at radius 1 is 0.614 bits per heavy atom. The summed E-state index contributed by atoms with van der Waals surface area (Å²) in [4.78, 5) is 34.0. The van der Waals surface area contributed by atoms with Crippen molar-refractivity contribution in [2.24, 2.45) is 0 Å². The van der Waals surface area contributed by atoms with Gasteiger partial charge >= 0.3 is 19.8 Å². The number of hydrogen-bond acceptors (Lipinski definition) is 9. The molecule has 0 amide bonds. The largest absolute Gasteiger partial charge is 0.472 e. The summed E-state index contributed by atoms with van der Waals surface area (Å²) in [7, 11) is -4.62. The summed E-state index contributed by atoms with van der Waals surface area (Å²) in [6.07, 6.45) is 24.8. The minimum absolute atomic E-state index is 0.177.